The van der Waals surface area contributed by atoms with Gasteiger partial charge in [-0.05, 0) is 69.1 Å². The van der Waals surface area contributed by atoms with Gasteiger partial charge in [0.25, 0.3) is 0 Å². The van der Waals surface area contributed by atoms with Gasteiger partial charge in [-0.25, -0.2) is 4.79 Å². The van der Waals surface area contributed by atoms with Crippen molar-refractivity contribution in [1.29, 1.82) is 0 Å². The molecular formula is C23H30BrF2O8PS. The zero-order valence-electron chi connectivity index (χ0n) is 20.9. The molecule has 1 aromatic carbocycles. The van der Waals surface area contributed by atoms with Crippen LogP contribution in [0.2, 0.25) is 0 Å². The Hall–Kier alpha value is -1.59. The van der Waals surface area contributed by atoms with Crippen LogP contribution in [0.15, 0.2) is 16.6 Å². The van der Waals surface area contributed by atoms with Crippen LogP contribution in [0.3, 0.4) is 0 Å². The number of hydrogen-bond donors (Lipinski definition) is 0. The molecule has 1 heterocycles. The molecule has 0 fully saturated rings. The highest BCUT2D eigenvalue weighted by Gasteiger charge is 2.57. The highest BCUT2D eigenvalue weighted by atomic mass is 79.9. The zero-order chi connectivity index (χ0) is 27.3. The molecule has 0 radical (unpaired) electrons. The smallest absolute Gasteiger partial charge is 0.405 e. The number of ether oxygens (including phenoxy) is 3. The van der Waals surface area contributed by atoms with Crippen LogP contribution in [0.5, 0.6) is 5.75 Å². The molecule has 2 aromatic rings. The number of methoxy groups -OCH3 is 1. The summed E-state index contributed by atoms with van der Waals surface area (Å²) in [5.41, 5.74) is -4.71. The summed E-state index contributed by atoms with van der Waals surface area (Å²) in [5, 5.41) is 0.237. The van der Waals surface area contributed by atoms with E-state index in [0.29, 0.717) is 17.8 Å². The van der Waals surface area contributed by atoms with Crippen molar-refractivity contribution >= 4 is 56.9 Å². The number of thiophene rings is 1. The van der Waals surface area contributed by atoms with Crippen molar-refractivity contribution in [2.75, 3.05) is 26.9 Å². The van der Waals surface area contributed by atoms with Crippen molar-refractivity contribution in [2.24, 2.45) is 0 Å². The molecule has 0 aliphatic carbocycles. The van der Waals surface area contributed by atoms with Crippen molar-refractivity contribution in [2.45, 2.75) is 58.7 Å². The van der Waals surface area contributed by atoms with Crippen LogP contribution < -0.4 is 4.74 Å². The lowest BCUT2D eigenvalue weighted by atomic mass is 10.1. The molecule has 0 spiro atoms. The SMILES string of the molecule is CCOP(=O)(OCC)C(F)(F)c1sc2c(OCCCC(=O)OC)cc(C(=O)OC(C)(C)C)cc2c1Br. The van der Waals surface area contributed by atoms with Gasteiger partial charge in [-0.3, -0.25) is 9.36 Å². The number of fused-ring (bicyclic) bond motifs is 1. The standard InChI is InChI=1S/C23H30BrF2O8PS/c1-7-32-35(29,33-8-2)23(25,26)20-18(24)15-12-14(21(28)34-22(3,4)5)13-16(19(15)36-20)31-11-9-10-17(27)30-6/h12-13H,7-11H2,1-6H3. The maximum absolute atomic E-state index is 15.6. The van der Waals surface area contributed by atoms with Crippen LogP contribution in [0.4, 0.5) is 8.78 Å². The Morgan fingerprint density at radius 3 is 2.25 bits per heavy atom. The Labute approximate surface area is 221 Å². The monoisotopic (exact) mass is 614 g/mol. The Bertz CT molecular complexity index is 1140. The predicted octanol–water partition coefficient (Wildman–Crippen LogP) is 7.27. The van der Waals surface area contributed by atoms with E-state index in [2.05, 4.69) is 20.7 Å². The van der Waals surface area contributed by atoms with Crippen LogP contribution >= 0.6 is 34.9 Å². The number of esters is 2. The Kier molecular flexibility index (Phi) is 10.5. The van der Waals surface area contributed by atoms with Gasteiger partial charge in [0.2, 0.25) is 0 Å². The lowest BCUT2D eigenvalue weighted by Crippen LogP contribution is -2.23. The molecule has 0 unspecified atom stereocenters. The molecular weight excluding hydrogens is 585 g/mol. The average Bonchev–Trinajstić information content (AvgIpc) is 3.12. The van der Waals surface area contributed by atoms with Crippen LogP contribution in [0.25, 0.3) is 10.1 Å². The first-order chi connectivity index (χ1) is 16.7. The average molecular weight is 615 g/mol. The van der Waals surface area contributed by atoms with Crippen molar-refractivity contribution in [3.63, 3.8) is 0 Å². The Morgan fingerprint density at radius 2 is 1.72 bits per heavy atom. The minimum atomic E-state index is -4.88. The second-order valence-electron chi connectivity index (χ2n) is 8.50. The van der Waals surface area contributed by atoms with E-state index in [1.807, 2.05) is 0 Å². The van der Waals surface area contributed by atoms with Gasteiger partial charge in [0.15, 0.2) is 0 Å². The largest absolute Gasteiger partial charge is 0.492 e. The second-order valence-corrected chi connectivity index (χ2v) is 12.4. The number of halogens is 3. The lowest BCUT2D eigenvalue weighted by Gasteiger charge is -2.25. The molecule has 1 aromatic heterocycles. The van der Waals surface area contributed by atoms with E-state index < -0.39 is 35.7 Å². The molecule has 2 rings (SSSR count). The summed E-state index contributed by atoms with van der Waals surface area (Å²) in [6, 6.07) is 2.79. The lowest BCUT2D eigenvalue weighted by molar-refractivity contribution is -0.140. The molecule has 0 saturated carbocycles. The summed E-state index contributed by atoms with van der Waals surface area (Å²) >= 11 is 3.84. The van der Waals surface area contributed by atoms with E-state index in [4.69, 9.17) is 18.5 Å². The number of alkyl halides is 2. The fourth-order valence-corrected chi connectivity index (χ4v) is 7.08. The molecule has 0 aliphatic rings. The first-order valence-corrected chi connectivity index (χ1v) is 14.3. The van der Waals surface area contributed by atoms with Gasteiger partial charge in [-0.1, -0.05) is 0 Å². The van der Waals surface area contributed by atoms with E-state index in [-0.39, 0.29) is 52.1 Å². The highest BCUT2D eigenvalue weighted by Crippen LogP contribution is 2.69. The van der Waals surface area contributed by atoms with E-state index >= 15 is 8.78 Å². The highest BCUT2D eigenvalue weighted by molar-refractivity contribution is 9.10. The fraction of sp³-hybridized carbons (Fsp3) is 0.565. The predicted molar refractivity (Wildman–Crippen MR) is 136 cm³/mol. The molecule has 0 saturated heterocycles. The molecule has 0 aliphatic heterocycles. The minimum absolute atomic E-state index is 0.0552. The van der Waals surface area contributed by atoms with Gasteiger partial charge in [0.1, 0.15) is 16.2 Å². The third kappa shape index (κ3) is 7.04. The normalized spacial score (nSPS) is 12.6. The fourth-order valence-electron chi connectivity index (χ4n) is 3.06. The summed E-state index contributed by atoms with van der Waals surface area (Å²) in [4.78, 5) is 23.6. The molecule has 202 valence electrons. The van der Waals surface area contributed by atoms with Gasteiger partial charge in [0, 0.05) is 16.3 Å². The zero-order valence-corrected chi connectivity index (χ0v) is 24.2. The van der Waals surface area contributed by atoms with E-state index in [1.165, 1.54) is 33.1 Å². The molecule has 8 nitrogen and oxygen atoms in total. The van der Waals surface area contributed by atoms with Gasteiger partial charge < -0.3 is 23.3 Å². The van der Waals surface area contributed by atoms with Crippen LogP contribution in [-0.4, -0.2) is 44.5 Å². The van der Waals surface area contributed by atoms with Gasteiger partial charge in [-0.2, -0.15) is 8.78 Å². The van der Waals surface area contributed by atoms with Gasteiger partial charge >= 0.3 is 25.2 Å². The topological polar surface area (TPSA) is 97.4 Å². The molecule has 0 atom stereocenters. The quantitative estimate of drug-likeness (QED) is 0.140. The van der Waals surface area contributed by atoms with Crippen LogP contribution in [-0.2, 0) is 33.5 Å². The number of rotatable bonds is 12. The van der Waals surface area contributed by atoms with E-state index in [1.54, 1.807) is 20.8 Å². The van der Waals surface area contributed by atoms with Gasteiger partial charge in [0.05, 0.1) is 37.2 Å². The van der Waals surface area contributed by atoms with Gasteiger partial charge in [-0.15, -0.1) is 11.3 Å². The first-order valence-electron chi connectivity index (χ1n) is 11.2. The maximum atomic E-state index is 15.6. The molecule has 0 N–H and O–H groups in total. The first kappa shape index (κ1) is 30.6. The summed E-state index contributed by atoms with van der Waals surface area (Å²) in [5.74, 6) is -0.965. The number of hydrogen-bond acceptors (Lipinski definition) is 9. The maximum Gasteiger partial charge on any atom is 0.405 e. The Morgan fingerprint density at radius 1 is 1.11 bits per heavy atom. The number of carbonyl (C=O) groups excluding carboxylic acids is 2. The van der Waals surface area contributed by atoms with Crippen molar-refractivity contribution in [1.82, 2.24) is 0 Å². The summed E-state index contributed by atoms with van der Waals surface area (Å²) in [7, 11) is -3.61. The summed E-state index contributed by atoms with van der Waals surface area (Å²) in [6.07, 6.45) is 0.388. The minimum Gasteiger partial charge on any atom is -0.492 e. The number of benzene rings is 1. The van der Waals surface area contributed by atoms with E-state index in [0.717, 1.165) is 0 Å². The Balaban J connectivity index is 2.62. The molecule has 0 bridgehead atoms. The van der Waals surface area contributed by atoms with Crippen LogP contribution in [0, 0.1) is 0 Å². The molecule has 0 amide bonds. The van der Waals surface area contributed by atoms with Crippen molar-refractivity contribution in [3.05, 3.63) is 27.0 Å². The van der Waals surface area contributed by atoms with E-state index in [9.17, 15) is 14.2 Å². The molecule has 36 heavy (non-hydrogen) atoms. The van der Waals surface area contributed by atoms with Crippen molar-refractivity contribution in [3.8, 4) is 5.75 Å². The summed E-state index contributed by atoms with van der Waals surface area (Å²) in [6.45, 7) is 7.55. The molecule has 13 heteroatoms. The third-order valence-electron chi connectivity index (χ3n) is 4.56. The number of carbonyl (C=O) groups is 2. The van der Waals surface area contributed by atoms with Crippen LogP contribution in [0.1, 0.15) is 62.7 Å². The van der Waals surface area contributed by atoms with Crippen molar-refractivity contribution < 1.29 is 46.2 Å². The third-order valence-corrected chi connectivity index (χ3v) is 9.19. The summed E-state index contributed by atoms with van der Waals surface area (Å²) < 4.78 is 70.1. The second kappa shape index (κ2) is 12.3.